The molecule has 1 aliphatic carbocycles. The van der Waals surface area contributed by atoms with E-state index in [1.165, 1.54) is 37.9 Å². The lowest BCUT2D eigenvalue weighted by Gasteiger charge is -2.48. The molecule has 1 saturated heterocycles. The maximum absolute atomic E-state index is 12.9. The standard InChI is InChI=1S/C13H16FN3O/c14-10-5-11(7-15-6-10)16-12(18)17-8-13(9-17)3-1-2-4-13/h5-7H,1-4,8-9H2,(H,16,18). The van der Waals surface area contributed by atoms with Crippen molar-refractivity contribution >= 4 is 11.7 Å². The van der Waals surface area contributed by atoms with Crippen LogP contribution in [0.1, 0.15) is 25.7 Å². The maximum Gasteiger partial charge on any atom is 0.321 e. The summed E-state index contributed by atoms with van der Waals surface area (Å²) in [6, 6.07) is 1.12. The van der Waals surface area contributed by atoms with E-state index in [0.717, 1.165) is 19.3 Å². The summed E-state index contributed by atoms with van der Waals surface area (Å²) in [5, 5.41) is 2.68. The zero-order chi connectivity index (χ0) is 12.6. The predicted molar refractivity (Wildman–Crippen MR) is 65.7 cm³/mol. The van der Waals surface area contributed by atoms with Crippen molar-refractivity contribution in [2.45, 2.75) is 25.7 Å². The number of anilines is 1. The molecule has 2 aliphatic rings. The number of likely N-dealkylation sites (tertiary alicyclic amines) is 1. The number of hydrogen-bond donors (Lipinski definition) is 1. The van der Waals surface area contributed by atoms with Crippen LogP contribution in [0.15, 0.2) is 18.5 Å². The largest absolute Gasteiger partial charge is 0.323 e. The molecule has 5 heteroatoms. The number of nitrogens with one attached hydrogen (secondary N) is 1. The summed E-state index contributed by atoms with van der Waals surface area (Å²) in [6.45, 7) is 1.67. The highest BCUT2D eigenvalue weighted by Crippen LogP contribution is 2.45. The van der Waals surface area contributed by atoms with Gasteiger partial charge in [0.2, 0.25) is 0 Å². The minimum absolute atomic E-state index is 0.153. The van der Waals surface area contributed by atoms with Gasteiger partial charge in [-0.05, 0) is 12.8 Å². The first kappa shape index (κ1) is 11.4. The van der Waals surface area contributed by atoms with E-state index in [0.29, 0.717) is 11.1 Å². The number of carbonyl (C=O) groups is 1. The molecule has 1 N–H and O–H groups in total. The number of carbonyl (C=O) groups excluding carboxylic acids is 1. The third-order valence-electron chi connectivity index (χ3n) is 3.96. The van der Waals surface area contributed by atoms with Gasteiger partial charge in [0, 0.05) is 24.6 Å². The minimum Gasteiger partial charge on any atom is -0.323 e. The summed E-state index contributed by atoms with van der Waals surface area (Å²) in [5.41, 5.74) is 0.796. The normalized spacial score (nSPS) is 20.8. The fourth-order valence-electron chi connectivity index (χ4n) is 3.03. The van der Waals surface area contributed by atoms with Crippen molar-refractivity contribution in [1.29, 1.82) is 0 Å². The number of rotatable bonds is 1. The van der Waals surface area contributed by atoms with Gasteiger partial charge in [-0.15, -0.1) is 0 Å². The molecule has 1 aliphatic heterocycles. The number of pyridine rings is 1. The van der Waals surface area contributed by atoms with Gasteiger partial charge < -0.3 is 10.2 Å². The second-order valence-corrected chi connectivity index (χ2v) is 5.39. The highest BCUT2D eigenvalue weighted by Gasteiger charge is 2.46. The van der Waals surface area contributed by atoms with E-state index in [1.807, 2.05) is 0 Å². The van der Waals surface area contributed by atoms with Gasteiger partial charge in [0.15, 0.2) is 0 Å². The van der Waals surface area contributed by atoms with Crippen molar-refractivity contribution < 1.29 is 9.18 Å². The van der Waals surface area contributed by atoms with E-state index in [9.17, 15) is 9.18 Å². The summed E-state index contributed by atoms with van der Waals surface area (Å²) in [7, 11) is 0. The van der Waals surface area contributed by atoms with E-state index < -0.39 is 5.82 Å². The summed E-state index contributed by atoms with van der Waals surface area (Å²) < 4.78 is 12.9. The molecule has 0 aromatic carbocycles. The Hall–Kier alpha value is -1.65. The second-order valence-electron chi connectivity index (χ2n) is 5.39. The van der Waals surface area contributed by atoms with E-state index >= 15 is 0 Å². The lowest BCUT2D eigenvalue weighted by atomic mass is 9.78. The number of amides is 2. The smallest absolute Gasteiger partial charge is 0.321 e. The van der Waals surface area contributed by atoms with Crippen LogP contribution in [0.4, 0.5) is 14.9 Å². The molecule has 96 valence electrons. The molecular weight excluding hydrogens is 233 g/mol. The molecule has 3 rings (SSSR count). The van der Waals surface area contributed by atoms with E-state index in [1.54, 1.807) is 4.90 Å². The number of hydrogen-bond acceptors (Lipinski definition) is 2. The summed E-state index contributed by atoms with van der Waals surface area (Å²) >= 11 is 0. The van der Waals surface area contributed by atoms with Gasteiger partial charge in [-0.3, -0.25) is 4.98 Å². The molecule has 1 spiro atoms. The van der Waals surface area contributed by atoms with Gasteiger partial charge in [-0.1, -0.05) is 12.8 Å². The Morgan fingerprint density at radius 3 is 2.72 bits per heavy atom. The lowest BCUT2D eigenvalue weighted by molar-refractivity contribution is 0.0430. The van der Waals surface area contributed by atoms with Crippen LogP contribution < -0.4 is 5.32 Å². The van der Waals surface area contributed by atoms with Gasteiger partial charge in [0.1, 0.15) is 5.82 Å². The Morgan fingerprint density at radius 1 is 1.33 bits per heavy atom. The number of urea groups is 1. The van der Waals surface area contributed by atoms with Crippen LogP contribution in [0.3, 0.4) is 0 Å². The predicted octanol–water partition coefficient (Wildman–Crippen LogP) is 2.63. The Morgan fingerprint density at radius 2 is 2.06 bits per heavy atom. The van der Waals surface area contributed by atoms with Crippen LogP contribution in [0, 0.1) is 11.2 Å². The van der Waals surface area contributed by atoms with Gasteiger partial charge in [0.05, 0.1) is 18.1 Å². The third kappa shape index (κ3) is 2.05. The first-order valence-corrected chi connectivity index (χ1v) is 6.33. The zero-order valence-corrected chi connectivity index (χ0v) is 10.2. The summed E-state index contributed by atoms with van der Waals surface area (Å²) in [5.74, 6) is -0.441. The Labute approximate surface area is 105 Å². The van der Waals surface area contributed by atoms with Crippen molar-refractivity contribution in [3.8, 4) is 0 Å². The zero-order valence-electron chi connectivity index (χ0n) is 10.2. The van der Waals surface area contributed by atoms with Crippen molar-refractivity contribution in [3.63, 3.8) is 0 Å². The molecular formula is C13H16FN3O. The number of aromatic nitrogens is 1. The number of halogens is 1. The first-order chi connectivity index (χ1) is 8.67. The lowest BCUT2D eigenvalue weighted by Crippen LogP contribution is -2.58. The van der Waals surface area contributed by atoms with Gasteiger partial charge in [-0.25, -0.2) is 9.18 Å². The van der Waals surface area contributed by atoms with Crippen LogP contribution in [-0.4, -0.2) is 29.0 Å². The fourth-order valence-corrected chi connectivity index (χ4v) is 3.03. The van der Waals surface area contributed by atoms with Crippen LogP contribution in [-0.2, 0) is 0 Å². The average Bonchev–Trinajstić information content (AvgIpc) is 2.75. The van der Waals surface area contributed by atoms with Crippen molar-refractivity contribution in [2.24, 2.45) is 5.41 Å². The Kier molecular flexibility index (Phi) is 2.69. The second kappa shape index (κ2) is 4.23. The summed E-state index contributed by atoms with van der Waals surface area (Å²) in [4.78, 5) is 17.4. The number of nitrogens with zero attached hydrogens (tertiary/aromatic N) is 2. The van der Waals surface area contributed by atoms with E-state index in [2.05, 4.69) is 10.3 Å². The summed E-state index contributed by atoms with van der Waals surface area (Å²) in [6.07, 6.45) is 7.60. The van der Waals surface area contributed by atoms with Crippen LogP contribution >= 0.6 is 0 Å². The minimum atomic E-state index is -0.441. The quantitative estimate of drug-likeness (QED) is 0.831. The van der Waals surface area contributed by atoms with E-state index in [4.69, 9.17) is 0 Å². The average molecular weight is 249 g/mol. The molecule has 2 fully saturated rings. The molecule has 0 radical (unpaired) electrons. The molecule has 0 atom stereocenters. The van der Waals surface area contributed by atoms with Crippen LogP contribution in [0.2, 0.25) is 0 Å². The van der Waals surface area contributed by atoms with Crippen molar-refractivity contribution in [1.82, 2.24) is 9.88 Å². The molecule has 2 heterocycles. The SMILES string of the molecule is O=C(Nc1cncc(F)c1)N1CC2(CCCC2)C1. The maximum atomic E-state index is 12.9. The topological polar surface area (TPSA) is 45.2 Å². The molecule has 0 bridgehead atoms. The molecule has 18 heavy (non-hydrogen) atoms. The first-order valence-electron chi connectivity index (χ1n) is 6.33. The third-order valence-corrected chi connectivity index (χ3v) is 3.96. The monoisotopic (exact) mass is 249 g/mol. The Bertz CT molecular complexity index is 463. The molecule has 1 saturated carbocycles. The van der Waals surface area contributed by atoms with Crippen LogP contribution in [0.25, 0.3) is 0 Å². The van der Waals surface area contributed by atoms with E-state index in [-0.39, 0.29) is 6.03 Å². The molecule has 2 amide bonds. The van der Waals surface area contributed by atoms with Gasteiger partial charge in [0.25, 0.3) is 0 Å². The van der Waals surface area contributed by atoms with Crippen molar-refractivity contribution in [2.75, 3.05) is 18.4 Å². The van der Waals surface area contributed by atoms with Crippen molar-refractivity contribution in [3.05, 3.63) is 24.3 Å². The fraction of sp³-hybridized carbons (Fsp3) is 0.538. The molecule has 1 aromatic heterocycles. The molecule has 1 aromatic rings. The van der Waals surface area contributed by atoms with Gasteiger partial charge in [-0.2, -0.15) is 0 Å². The highest BCUT2D eigenvalue weighted by molar-refractivity contribution is 5.89. The highest BCUT2D eigenvalue weighted by atomic mass is 19.1. The van der Waals surface area contributed by atoms with Crippen LogP contribution in [0.5, 0.6) is 0 Å². The van der Waals surface area contributed by atoms with Gasteiger partial charge >= 0.3 is 6.03 Å². The molecule has 0 unspecified atom stereocenters. The Balaban J connectivity index is 1.57. The molecule has 4 nitrogen and oxygen atoms in total.